The molecule has 3 heterocycles. The van der Waals surface area contributed by atoms with Crippen molar-refractivity contribution in [2.45, 2.75) is 6.10 Å². The van der Waals surface area contributed by atoms with Crippen LogP contribution in [0.3, 0.4) is 0 Å². The van der Waals surface area contributed by atoms with Crippen molar-refractivity contribution in [2.75, 3.05) is 11.9 Å². The summed E-state index contributed by atoms with van der Waals surface area (Å²) in [5.74, 6) is 1.20. The normalized spacial score (nSPS) is 15.4. The number of rotatable bonds is 3. The van der Waals surface area contributed by atoms with Gasteiger partial charge in [0.15, 0.2) is 17.3 Å². The standard InChI is InChI=1S/C18H14N4O3/c23-18(16-11-24-14-3-1-2-4-15(14)25-16)20-17-6-5-13(21-22-17)12-7-9-19-10-8-12/h1-10,16H,11H2,(H,20,22,23). The minimum absolute atomic E-state index is 0.144. The summed E-state index contributed by atoms with van der Waals surface area (Å²) in [4.78, 5) is 16.3. The third-order valence-electron chi connectivity index (χ3n) is 3.69. The lowest BCUT2D eigenvalue weighted by Gasteiger charge is -2.25. The molecule has 7 nitrogen and oxygen atoms in total. The van der Waals surface area contributed by atoms with Crippen LogP contribution in [-0.4, -0.2) is 33.8 Å². The molecule has 1 N–H and O–H groups in total. The number of para-hydroxylation sites is 2. The maximum absolute atomic E-state index is 12.3. The first-order valence-electron chi connectivity index (χ1n) is 7.73. The number of benzene rings is 1. The smallest absolute Gasteiger partial charge is 0.270 e. The molecule has 1 amide bonds. The highest BCUT2D eigenvalue weighted by Gasteiger charge is 2.27. The Balaban J connectivity index is 1.43. The minimum atomic E-state index is -0.739. The molecule has 0 radical (unpaired) electrons. The summed E-state index contributed by atoms with van der Waals surface area (Å²) in [5.41, 5.74) is 1.60. The largest absolute Gasteiger partial charge is 0.485 e. The number of aromatic nitrogens is 3. The number of ether oxygens (including phenoxy) is 2. The third kappa shape index (κ3) is 3.25. The van der Waals surface area contributed by atoms with E-state index < -0.39 is 6.10 Å². The molecule has 1 atom stereocenters. The van der Waals surface area contributed by atoms with E-state index in [4.69, 9.17) is 9.47 Å². The fourth-order valence-electron chi connectivity index (χ4n) is 2.43. The van der Waals surface area contributed by atoms with E-state index in [1.165, 1.54) is 0 Å². The van der Waals surface area contributed by atoms with E-state index in [9.17, 15) is 4.79 Å². The average Bonchev–Trinajstić information content (AvgIpc) is 2.69. The van der Waals surface area contributed by atoms with E-state index in [2.05, 4.69) is 20.5 Å². The van der Waals surface area contributed by atoms with Crippen LogP contribution in [0.15, 0.2) is 60.9 Å². The topological polar surface area (TPSA) is 86.2 Å². The molecule has 1 aliphatic heterocycles. The number of hydrogen-bond acceptors (Lipinski definition) is 6. The van der Waals surface area contributed by atoms with E-state index in [0.29, 0.717) is 23.0 Å². The molecule has 25 heavy (non-hydrogen) atoms. The Hall–Kier alpha value is -3.48. The number of fused-ring (bicyclic) bond motifs is 1. The van der Waals surface area contributed by atoms with Gasteiger partial charge in [0.25, 0.3) is 5.91 Å². The van der Waals surface area contributed by atoms with Crippen LogP contribution >= 0.6 is 0 Å². The van der Waals surface area contributed by atoms with Crippen LogP contribution in [0, 0.1) is 0 Å². The molecule has 0 bridgehead atoms. The molecular formula is C18H14N4O3. The van der Waals surface area contributed by atoms with E-state index in [-0.39, 0.29) is 12.5 Å². The van der Waals surface area contributed by atoms with Gasteiger partial charge in [-0.3, -0.25) is 9.78 Å². The van der Waals surface area contributed by atoms with Crippen LogP contribution < -0.4 is 14.8 Å². The number of amides is 1. The Morgan fingerprint density at radius 3 is 2.56 bits per heavy atom. The molecule has 2 aromatic heterocycles. The number of hydrogen-bond donors (Lipinski definition) is 1. The molecule has 0 saturated heterocycles. The summed E-state index contributed by atoms with van der Waals surface area (Å²) in [6.07, 6.45) is 2.63. The molecule has 0 saturated carbocycles. The maximum Gasteiger partial charge on any atom is 0.270 e. The predicted octanol–water partition coefficient (Wildman–Crippen LogP) is 2.32. The van der Waals surface area contributed by atoms with Crippen molar-refractivity contribution in [3.05, 3.63) is 60.9 Å². The number of carbonyl (C=O) groups is 1. The van der Waals surface area contributed by atoms with E-state index in [1.54, 1.807) is 36.7 Å². The van der Waals surface area contributed by atoms with E-state index in [1.807, 2.05) is 24.3 Å². The lowest BCUT2D eigenvalue weighted by Crippen LogP contribution is -2.40. The van der Waals surface area contributed by atoms with Gasteiger partial charge in [0.05, 0.1) is 5.69 Å². The summed E-state index contributed by atoms with van der Waals surface area (Å²) in [7, 11) is 0. The van der Waals surface area contributed by atoms with Gasteiger partial charge in [-0.1, -0.05) is 12.1 Å². The average molecular weight is 334 g/mol. The van der Waals surface area contributed by atoms with Gasteiger partial charge < -0.3 is 14.8 Å². The van der Waals surface area contributed by atoms with Crippen LogP contribution in [0.5, 0.6) is 11.5 Å². The van der Waals surface area contributed by atoms with Crippen LogP contribution in [0.1, 0.15) is 0 Å². The number of nitrogens with zero attached hydrogens (tertiary/aromatic N) is 3. The summed E-state index contributed by atoms with van der Waals surface area (Å²) >= 11 is 0. The van der Waals surface area contributed by atoms with Crippen molar-refractivity contribution in [3.8, 4) is 22.8 Å². The van der Waals surface area contributed by atoms with Gasteiger partial charge in [-0.25, -0.2) is 0 Å². The van der Waals surface area contributed by atoms with Crippen molar-refractivity contribution >= 4 is 11.7 Å². The zero-order valence-corrected chi connectivity index (χ0v) is 13.1. The second-order valence-electron chi connectivity index (χ2n) is 5.39. The van der Waals surface area contributed by atoms with Gasteiger partial charge in [0.2, 0.25) is 6.10 Å². The van der Waals surface area contributed by atoms with Gasteiger partial charge in [0, 0.05) is 18.0 Å². The van der Waals surface area contributed by atoms with Gasteiger partial charge in [-0.05, 0) is 36.4 Å². The molecule has 124 valence electrons. The Morgan fingerprint density at radius 1 is 1.00 bits per heavy atom. The molecule has 1 unspecified atom stereocenters. The Kier molecular flexibility index (Phi) is 3.96. The number of anilines is 1. The second-order valence-corrected chi connectivity index (χ2v) is 5.39. The molecule has 0 spiro atoms. The summed E-state index contributed by atoms with van der Waals surface area (Å²) in [6, 6.07) is 14.4. The third-order valence-corrected chi connectivity index (χ3v) is 3.69. The Labute approximate surface area is 143 Å². The lowest BCUT2D eigenvalue weighted by atomic mass is 10.2. The molecule has 3 aromatic rings. The van der Waals surface area contributed by atoms with E-state index in [0.717, 1.165) is 5.56 Å². The van der Waals surface area contributed by atoms with Gasteiger partial charge in [-0.2, -0.15) is 0 Å². The Morgan fingerprint density at radius 2 is 1.80 bits per heavy atom. The highest BCUT2D eigenvalue weighted by atomic mass is 16.6. The van der Waals surface area contributed by atoms with Crippen LogP contribution in [-0.2, 0) is 4.79 Å². The van der Waals surface area contributed by atoms with Crippen LogP contribution in [0.4, 0.5) is 5.82 Å². The fourth-order valence-corrected chi connectivity index (χ4v) is 2.43. The van der Waals surface area contributed by atoms with Gasteiger partial charge in [-0.15, -0.1) is 10.2 Å². The minimum Gasteiger partial charge on any atom is -0.485 e. The summed E-state index contributed by atoms with van der Waals surface area (Å²) in [5, 5.41) is 10.8. The van der Waals surface area contributed by atoms with Gasteiger partial charge in [0.1, 0.15) is 6.61 Å². The first kappa shape index (κ1) is 15.1. The quantitative estimate of drug-likeness (QED) is 0.791. The zero-order chi connectivity index (χ0) is 17.1. The lowest BCUT2D eigenvalue weighted by molar-refractivity contribution is -0.125. The molecule has 4 rings (SSSR count). The number of carbonyl (C=O) groups excluding carboxylic acids is 1. The molecule has 0 fully saturated rings. The summed E-state index contributed by atoms with van der Waals surface area (Å²) < 4.78 is 11.2. The Bertz CT molecular complexity index is 884. The number of pyridine rings is 1. The maximum atomic E-state index is 12.3. The van der Waals surface area contributed by atoms with Gasteiger partial charge >= 0.3 is 0 Å². The zero-order valence-electron chi connectivity index (χ0n) is 13.1. The molecule has 1 aliphatic rings. The van der Waals surface area contributed by atoms with Crippen molar-refractivity contribution in [1.29, 1.82) is 0 Å². The van der Waals surface area contributed by atoms with E-state index >= 15 is 0 Å². The second kappa shape index (κ2) is 6.56. The SMILES string of the molecule is O=C(Nc1ccc(-c2ccncc2)nn1)C1COc2ccccc2O1. The molecule has 0 aliphatic carbocycles. The van der Waals surface area contributed by atoms with Crippen molar-refractivity contribution in [3.63, 3.8) is 0 Å². The molecular weight excluding hydrogens is 320 g/mol. The molecule has 7 heteroatoms. The van der Waals surface area contributed by atoms with Crippen molar-refractivity contribution in [1.82, 2.24) is 15.2 Å². The fraction of sp³-hybridized carbons (Fsp3) is 0.111. The predicted molar refractivity (Wildman–Crippen MR) is 90.2 cm³/mol. The highest BCUT2D eigenvalue weighted by Crippen LogP contribution is 2.31. The molecule has 1 aromatic carbocycles. The summed E-state index contributed by atoms with van der Waals surface area (Å²) in [6.45, 7) is 0.144. The highest BCUT2D eigenvalue weighted by molar-refractivity contribution is 5.94. The van der Waals surface area contributed by atoms with Crippen molar-refractivity contribution < 1.29 is 14.3 Å². The first-order chi connectivity index (χ1) is 12.3. The monoisotopic (exact) mass is 334 g/mol. The van der Waals surface area contributed by atoms with Crippen LogP contribution in [0.25, 0.3) is 11.3 Å². The van der Waals surface area contributed by atoms with Crippen LogP contribution in [0.2, 0.25) is 0 Å². The van der Waals surface area contributed by atoms with Crippen molar-refractivity contribution in [2.24, 2.45) is 0 Å². The first-order valence-corrected chi connectivity index (χ1v) is 7.73. The number of nitrogens with one attached hydrogen (secondary N) is 1.